The van der Waals surface area contributed by atoms with Gasteiger partial charge in [0.15, 0.2) is 0 Å². The summed E-state index contributed by atoms with van der Waals surface area (Å²) < 4.78 is 37.2. The fraction of sp³-hybridized carbons (Fsp3) is 0.556. The molecule has 0 atom stereocenters. The summed E-state index contributed by atoms with van der Waals surface area (Å²) in [6.45, 7) is -0.350. The summed E-state index contributed by atoms with van der Waals surface area (Å²) in [6.07, 6.45) is -2.46. The van der Waals surface area contributed by atoms with Crippen molar-refractivity contribution in [3.05, 3.63) is 18.0 Å². The second-order valence-electron chi connectivity index (χ2n) is 3.49. The number of hydrogen-bond donors (Lipinski definition) is 0. The maximum Gasteiger partial charge on any atom is 0.390 e. The maximum atomic E-state index is 11.9. The number of halogens is 3. The summed E-state index contributed by atoms with van der Waals surface area (Å²) in [5, 5.41) is 3.78. The predicted molar refractivity (Wildman–Crippen MR) is 50.8 cm³/mol. The fourth-order valence-electron chi connectivity index (χ4n) is 1.15. The van der Waals surface area contributed by atoms with Gasteiger partial charge in [0, 0.05) is 26.8 Å². The first-order chi connectivity index (χ1) is 7.29. The Hall–Kier alpha value is -1.53. The molecule has 0 aliphatic heterocycles. The molecule has 0 saturated carbocycles. The van der Waals surface area contributed by atoms with Gasteiger partial charge in [-0.1, -0.05) is 0 Å². The highest BCUT2D eigenvalue weighted by Crippen LogP contribution is 2.19. The van der Waals surface area contributed by atoms with E-state index in [0.717, 1.165) is 4.90 Å². The first-order valence-electron chi connectivity index (χ1n) is 4.60. The van der Waals surface area contributed by atoms with Crippen molar-refractivity contribution in [1.82, 2.24) is 14.7 Å². The summed E-state index contributed by atoms with van der Waals surface area (Å²) in [6, 6.07) is 0. The van der Waals surface area contributed by atoms with Gasteiger partial charge in [-0.05, 0) is 0 Å². The molecule has 0 spiro atoms. The normalized spacial score (nSPS) is 11.6. The third-order valence-electron chi connectivity index (χ3n) is 2.03. The zero-order valence-corrected chi connectivity index (χ0v) is 8.95. The molecule has 0 fully saturated rings. The van der Waals surface area contributed by atoms with E-state index in [1.165, 1.54) is 24.1 Å². The molecule has 1 aromatic heterocycles. The van der Waals surface area contributed by atoms with E-state index in [9.17, 15) is 18.0 Å². The highest BCUT2D eigenvalue weighted by atomic mass is 19.4. The second-order valence-corrected chi connectivity index (χ2v) is 3.49. The Bertz CT molecular complexity index is 372. The molecule has 0 radical (unpaired) electrons. The number of aromatic nitrogens is 2. The van der Waals surface area contributed by atoms with Crippen molar-refractivity contribution in [2.75, 3.05) is 13.6 Å². The average Bonchev–Trinajstić information content (AvgIpc) is 2.59. The molecule has 1 rings (SSSR count). The van der Waals surface area contributed by atoms with Crippen LogP contribution >= 0.6 is 0 Å². The van der Waals surface area contributed by atoms with Gasteiger partial charge >= 0.3 is 6.18 Å². The van der Waals surface area contributed by atoms with Crippen LogP contribution in [0.1, 0.15) is 16.8 Å². The SMILES string of the molecule is CN(CCC(F)(F)F)C(=O)c1cnn(C)c1. The number of carbonyl (C=O) groups excluding carboxylic acids is 1. The van der Waals surface area contributed by atoms with Crippen LogP contribution in [0.15, 0.2) is 12.4 Å². The number of rotatable bonds is 3. The Morgan fingerprint density at radius 2 is 2.19 bits per heavy atom. The zero-order valence-electron chi connectivity index (χ0n) is 8.95. The summed E-state index contributed by atoms with van der Waals surface area (Å²) >= 11 is 0. The van der Waals surface area contributed by atoms with Gasteiger partial charge < -0.3 is 4.90 Å². The minimum atomic E-state index is -4.25. The lowest BCUT2D eigenvalue weighted by Crippen LogP contribution is -2.30. The fourth-order valence-corrected chi connectivity index (χ4v) is 1.15. The minimum Gasteiger partial charge on any atom is -0.341 e. The second kappa shape index (κ2) is 4.54. The van der Waals surface area contributed by atoms with Crippen LogP contribution in [0.4, 0.5) is 13.2 Å². The Balaban J connectivity index is 2.55. The van der Waals surface area contributed by atoms with Crippen molar-refractivity contribution < 1.29 is 18.0 Å². The van der Waals surface area contributed by atoms with Crippen LogP contribution in [-0.4, -0.2) is 40.4 Å². The first kappa shape index (κ1) is 12.5. The average molecular weight is 235 g/mol. The molecule has 0 aliphatic carbocycles. The quantitative estimate of drug-likeness (QED) is 0.795. The van der Waals surface area contributed by atoms with E-state index in [0.29, 0.717) is 0 Å². The van der Waals surface area contributed by atoms with Crippen molar-refractivity contribution in [3.8, 4) is 0 Å². The minimum absolute atomic E-state index is 0.284. The van der Waals surface area contributed by atoms with Crippen LogP contribution in [0, 0.1) is 0 Å². The van der Waals surface area contributed by atoms with Crippen LogP contribution < -0.4 is 0 Å². The van der Waals surface area contributed by atoms with Gasteiger partial charge in [0.05, 0.1) is 18.2 Å². The molecule has 16 heavy (non-hydrogen) atoms. The van der Waals surface area contributed by atoms with Gasteiger partial charge in [-0.15, -0.1) is 0 Å². The lowest BCUT2D eigenvalue weighted by molar-refractivity contribution is -0.136. The molecule has 0 unspecified atom stereocenters. The largest absolute Gasteiger partial charge is 0.390 e. The van der Waals surface area contributed by atoms with Gasteiger partial charge in [0.25, 0.3) is 5.91 Å². The van der Waals surface area contributed by atoms with Crippen LogP contribution in [0.25, 0.3) is 0 Å². The van der Waals surface area contributed by atoms with E-state index in [1.54, 1.807) is 7.05 Å². The van der Waals surface area contributed by atoms with Crippen LogP contribution in [0.2, 0.25) is 0 Å². The van der Waals surface area contributed by atoms with Crippen molar-refractivity contribution in [1.29, 1.82) is 0 Å². The summed E-state index contributed by atoms with van der Waals surface area (Å²) in [5.74, 6) is -0.461. The van der Waals surface area contributed by atoms with Crippen LogP contribution in [0.5, 0.6) is 0 Å². The van der Waals surface area contributed by atoms with Crippen LogP contribution in [-0.2, 0) is 7.05 Å². The van der Waals surface area contributed by atoms with E-state index in [-0.39, 0.29) is 12.1 Å². The van der Waals surface area contributed by atoms with E-state index >= 15 is 0 Å². The highest BCUT2D eigenvalue weighted by Gasteiger charge is 2.28. The molecule has 0 bridgehead atoms. The number of aryl methyl sites for hydroxylation is 1. The standard InChI is InChI=1S/C9H12F3N3O/c1-14(4-3-9(10,11)12)8(16)7-5-13-15(2)6-7/h5-6H,3-4H2,1-2H3. The molecule has 0 saturated heterocycles. The Kier molecular flexibility index (Phi) is 3.56. The van der Waals surface area contributed by atoms with Crippen molar-refractivity contribution in [3.63, 3.8) is 0 Å². The zero-order chi connectivity index (χ0) is 12.3. The molecular weight excluding hydrogens is 223 g/mol. The Morgan fingerprint density at radius 1 is 1.56 bits per heavy atom. The van der Waals surface area contributed by atoms with Crippen molar-refractivity contribution in [2.45, 2.75) is 12.6 Å². The predicted octanol–water partition coefficient (Wildman–Crippen LogP) is 1.44. The molecule has 1 amide bonds. The number of nitrogens with zero attached hydrogens (tertiary/aromatic N) is 3. The Labute approximate surface area is 90.6 Å². The number of amides is 1. The van der Waals surface area contributed by atoms with E-state index in [4.69, 9.17) is 0 Å². The molecule has 0 aromatic carbocycles. The number of hydrogen-bond acceptors (Lipinski definition) is 2. The van der Waals surface area contributed by atoms with Gasteiger partial charge in [-0.25, -0.2) is 0 Å². The number of alkyl halides is 3. The lowest BCUT2D eigenvalue weighted by Gasteiger charge is -2.17. The molecule has 4 nitrogen and oxygen atoms in total. The molecular formula is C9H12F3N3O. The Morgan fingerprint density at radius 3 is 2.62 bits per heavy atom. The molecule has 1 aromatic rings. The van der Waals surface area contributed by atoms with Crippen molar-refractivity contribution >= 4 is 5.91 Å². The maximum absolute atomic E-state index is 11.9. The van der Waals surface area contributed by atoms with E-state index < -0.39 is 18.5 Å². The summed E-state index contributed by atoms with van der Waals surface area (Å²) in [5.41, 5.74) is 0.284. The smallest absolute Gasteiger partial charge is 0.341 e. The van der Waals surface area contributed by atoms with Gasteiger partial charge in [-0.3, -0.25) is 9.48 Å². The molecule has 90 valence electrons. The third-order valence-corrected chi connectivity index (χ3v) is 2.03. The van der Waals surface area contributed by atoms with Gasteiger partial charge in [0.1, 0.15) is 0 Å². The summed E-state index contributed by atoms with van der Waals surface area (Å²) in [4.78, 5) is 12.6. The lowest BCUT2D eigenvalue weighted by atomic mass is 10.3. The van der Waals surface area contributed by atoms with Crippen LogP contribution in [0.3, 0.4) is 0 Å². The summed E-state index contributed by atoms with van der Waals surface area (Å²) in [7, 11) is 2.97. The van der Waals surface area contributed by atoms with Gasteiger partial charge in [-0.2, -0.15) is 18.3 Å². The van der Waals surface area contributed by atoms with Crippen molar-refractivity contribution in [2.24, 2.45) is 7.05 Å². The molecule has 0 aliphatic rings. The molecule has 1 heterocycles. The topological polar surface area (TPSA) is 38.1 Å². The monoisotopic (exact) mass is 235 g/mol. The number of carbonyl (C=O) groups is 1. The van der Waals surface area contributed by atoms with E-state index in [2.05, 4.69) is 5.10 Å². The third kappa shape index (κ3) is 3.56. The molecule has 7 heteroatoms. The molecule has 0 N–H and O–H groups in total. The highest BCUT2D eigenvalue weighted by molar-refractivity contribution is 5.93. The first-order valence-corrected chi connectivity index (χ1v) is 4.60. The van der Waals surface area contributed by atoms with E-state index in [1.807, 2.05) is 0 Å². The van der Waals surface area contributed by atoms with Gasteiger partial charge in [0.2, 0.25) is 0 Å².